The summed E-state index contributed by atoms with van der Waals surface area (Å²) in [5, 5.41) is 13.7. The molecule has 1 atom stereocenters. The Bertz CT molecular complexity index is 942. The average Bonchev–Trinajstić information content (AvgIpc) is 3.04. The number of aliphatic hydroxyl groups is 1. The number of H-pyrrole nitrogens is 1. The Balaban J connectivity index is 1.46. The van der Waals surface area contributed by atoms with Crippen LogP contribution in [0.4, 0.5) is 13.2 Å². The van der Waals surface area contributed by atoms with Crippen LogP contribution in [-0.4, -0.2) is 26.2 Å². The Morgan fingerprint density at radius 3 is 2.46 bits per heavy atom. The molecule has 8 heteroatoms. The van der Waals surface area contributed by atoms with E-state index in [0.29, 0.717) is 17.1 Å². The Morgan fingerprint density at radius 2 is 1.89 bits per heavy atom. The first-order valence-electron chi connectivity index (χ1n) is 9.01. The van der Waals surface area contributed by atoms with Crippen LogP contribution >= 0.6 is 11.3 Å². The van der Waals surface area contributed by atoms with Crippen molar-refractivity contribution in [1.82, 2.24) is 15.0 Å². The number of aromatic amines is 1. The molecule has 1 saturated carbocycles. The number of aromatic nitrogens is 3. The average molecular weight is 407 g/mol. The van der Waals surface area contributed by atoms with E-state index in [1.54, 1.807) is 13.1 Å². The van der Waals surface area contributed by atoms with Gasteiger partial charge in [-0.3, -0.25) is 0 Å². The van der Waals surface area contributed by atoms with E-state index in [1.165, 1.54) is 17.5 Å². The van der Waals surface area contributed by atoms with Gasteiger partial charge in [0.05, 0.1) is 11.0 Å². The van der Waals surface area contributed by atoms with Crippen LogP contribution in [0.2, 0.25) is 0 Å². The van der Waals surface area contributed by atoms with Gasteiger partial charge in [0.1, 0.15) is 10.8 Å². The van der Waals surface area contributed by atoms with E-state index in [4.69, 9.17) is 0 Å². The highest BCUT2D eigenvalue weighted by atomic mass is 32.1. The Hall–Kier alpha value is -2.19. The highest BCUT2D eigenvalue weighted by Crippen LogP contribution is 2.59. The monoisotopic (exact) mass is 407 g/mol. The molecule has 0 aliphatic heterocycles. The maximum Gasteiger partial charge on any atom is 0.394 e. The second kappa shape index (κ2) is 6.70. The predicted molar refractivity (Wildman–Crippen MR) is 101 cm³/mol. The molecule has 1 unspecified atom stereocenters. The maximum atomic E-state index is 13.1. The molecule has 1 fully saturated rings. The molecule has 0 radical (unpaired) electrons. The van der Waals surface area contributed by atoms with Gasteiger partial charge < -0.3 is 10.1 Å². The van der Waals surface area contributed by atoms with E-state index in [0.717, 1.165) is 10.6 Å². The molecular weight excluding hydrogens is 387 g/mol. The van der Waals surface area contributed by atoms with Crippen molar-refractivity contribution in [2.24, 2.45) is 5.41 Å². The first-order chi connectivity index (χ1) is 13.2. The van der Waals surface area contributed by atoms with Crippen molar-refractivity contribution in [1.29, 1.82) is 0 Å². The minimum absolute atomic E-state index is 0.0891. The van der Waals surface area contributed by atoms with Crippen LogP contribution < -0.4 is 0 Å². The van der Waals surface area contributed by atoms with E-state index in [1.807, 2.05) is 29.6 Å². The van der Waals surface area contributed by atoms with Crippen molar-refractivity contribution >= 4 is 11.3 Å². The number of rotatable bonds is 6. The summed E-state index contributed by atoms with van der Waals surface area (Å²) in [6.07, 6.45) is -0.590. The van der Waals surface area contributed by atoms with Crippen LogP contribution in [0.3, 0.4) is 0 Å². The quantitative estimate of drug-likeness (QED) is 0.613. The molecule has 3 aromatic rings. The summed E-state index contributed by atoms with van der Waals surface area (Å²) in [6.45, 7) is 1.67. The lowest BCUT2D eigenvalue weighted by Gasteiger charge is -2.23. The zero-order valence-electron chi connectivity index (χ0n) is 15.3. The SMILES string of the molecule is CC(O)(Cc1ncc(CC2(C(F)(F)F)CC2)[nH]1)c1ccc(-c2nccs2)cc1. The lowest BCUT2D eigenvalue weighted by Crippen LogP contribution is -2.27. The lowest BCUT2D eigenvalue weighted by atomic mass is 9.91. The number of halogens is 3. The van der Waals surface area contributed by atoms with Crippen LogP contribution in [0.25, 0.3) is 10.6 Å². The zero-order valence-corrected chi connectivity index (χ0v) is 16.1. The number of nitrogens with one attached hydrogen (secondary N) is 1. The van der Waals surface area contributed by atoms with Crippen LogP contribution in [0, 0.1) is 5.41 Å². The smallest absolute Gasteiger partial charge is 0.385 e. The van der Waals surface area contributed by atoms with Gasteiger partial charge in [-0.2, -0.15) is 13.2 Å². The molecule has 0 spiro atoms. The van der Waals surface area contributed by atoms with Gasteiger partial charge in [-0.1, -0.05) is 24.3 Å². The number of nitrogens with zero attached hydrogens (tertiary/aromatic N) is 2. The number of hydrogen-bond donors (Lipinski definition) is 2. The van der Waals surface area contributed by atoms with Crippen molar-refractivity contribution < 1.29 is 18.3 Å². The minimum atomic E-state index is -4.19. The van der Waals surface area contributed by atoms with Gasteiger partial charge in [0.25, 0.3) is 0 Å². The third kappa shape index (κ3) is 3.71. The number of hydrogen-bond acceptors (Lipinski definition) is 4. The normalized spacial score (nSPS) is 18.0. The summed E-state index contributed by atoms with van der Waals surface area (Å²) in [5.74, 6) is 0.474. The van der Waals surface area contributed by atoms with Gasteiger partial charge in [0.15, 0.2) is 0 Å². The summed E-state index contributed by atoms with van der Waals surface area (Å²) >= 11 is 1.54. The standard InChI is InChI=1S/C20H20F3N3OS/c1-18(27,14-4-2-13(3-5-14)17-24-8-9-28-17)11-16-25-12-15(26-16)10-19(6-7-19)20(21,22)23/h2-5,8-9,12,27H,6-7,10-11H2,1H3,(H,25,26). The van der Waals surface area contributed by atoms with E-state index in [9.17, 15) is 18.3 Å². The minimum Gasteiger partial charge on any atom is -0.385 e. The second-order valence-corrected chi connectivity index (χ2v) is 8.57. The first-order valence-corrected chi connectivity index (χ1v) is 9.89. The third-order valence-corrected chi connectivity index (χ3v) is 6.18. The van der Waals surface area contributed by atoms with Crippen molar-refractivity contribution in [3.05, 3.63) is 59.1 Å². The van der Waals surface area contributed by atoms with Crippen LogP contribution in [-0.2, 0) is 18.4 Å². The molecule has 1 aromatic carbocycles. The molecule has 2 heterocycles. The van der Waals surface area contributed by atoms with Crippen LogP contribution in [0.1, 0.15) is 36.8 Å². The number of benzene rings is 1. The molecule has 2 N–H and O–H groups in total. The van der Waals surface area contributed by atoms with E-state index in [-0.39, 0.29) is 25.7 Å². The highest BCUT2D eigenvalue weighted by Gasteiger charge is 2.62. The summed E-state index contributed by atoms with van der Waals surface area (Å²) in [6, 6.07) is 7.47. The lowest BCUT2D eigenvalue weighted by molar-refractivity contribution is -0.186. The van der Waals surface area contributed by atoms with Crippen molar-refractivity contribution in [2.75, 3.05) is 0 Å². The van der Waals surface area contributed by atoms with Gasteiger partial charge in [-0.05, 0) is 25.3 Å². The van der Waals surface area contributed by atoms with Gasteiger partial charge in [-0.25, -0.2) is 9.97 Å². The second-order valence-electron chi connectivity index (χ2n) is 7.68. The Kier molecular flexibility index (Phi) is 4.58. The van der Waals surface area contributed by atoms with E-state index >= 15 is 0 Å². The number of thiazole rings is 1. The van der Waals surface area contributed by atoms with Gasteiger partial charge in [0, 0.05) is 41.9 Å². The van der Waals surface area contributed by atoms with Gasteiger partial charge in [-0.15, -0.1) is 11.3 Å². The molecule has 1 aliphatic carbocycles. The summed E-state index contributed by atoms with van der Waals surface area (Å²) in [4.78, 5) is 11.4. The van der Waals surface area contributed by atoms with Crippen LogP contribution in [0.15, 0.2) is 42.0 Å². The molecular formula is C20H20F3N3OS. The predicted octanol–water partition coefficient (Wildman–Crippen LogP) is 4.87. The van der Waals surface area contributed by atoms with E-state index in [2.05, 4.69) is 15.0 Å². The Morgan fingerprint density at radius 1 is 1.18 bits per heavy atom. The van der Waals surface area contributed by atoms with Crippen molar-refractivity contribution in [3.63, 3.8) is 0 Å². The maximum absolute atomic E-state index is 13.1. The third-order valence-electron chi connectivity index (χ3n) is 5.36. The molecule has 2 aromatic heterocycles. The molecule has 0 bridgehead atoms. The molecule has 4 nitrogen and oxygen atoms in total. The summed E-state index contributed by atoms with van der Waals surface area (Å²) in [5.41, 5.74) is -0.667. The fourth-order valence-electron chi connectivity index (χ4n) is 3.43. The topological polar surface area (TPSA) is 61.8 Å². The molecule has 1 aliphatic rings. The molecule has 28 heavy (non-hydrogen) atoms. The van der Waals surface area contributed by atoms with Gasteiger partial charge in [0.2, 0.25) is 0 Å². The van der Waals surface area contributed by atoms with Crippen molar-refractivity contribution in [2.45, 2.75) is 44.4 Å². The van der Waals surface area contributed by atoms with E-state index < -0.39 is 17.2 Å². The summed E-state index contributed by atoms with van der Waals surface area (Å²) in [7, 11) is 0. The first kappa shape index (κ1) is 19.1. The molecule has 0 amide bonds. The Labute approximate surface area is 164 Å². The van der Waals surface area contributed by atoms with Gasteiger partial charge >= 0.3 is 6.18 Å². The summed E-state index contributed by atoms with van der Waals surface area (Å²) < 4.78 is 39.4. The number of imidazole rings is 1. The zero-order chi connectivity index (χ0) is 20.0. The molecule has 4 rings (SSSR count). The van der Waals surface area contributed by atoms with Crippen molar-refractivity contribution in [3.8, 4) is 10.6 Å². The van der Waals surface area contributed by atoms with Crippen LogP contribution in [0.5, 0.6) is 0 Å². The molecule has 148 valence electrons. The molecule has 0 saturated heterocycles. The largest absolute Gasteiger partial charge is 0.394 e. The highest BCUT2D eigenvalue weighted by molar-refractivity contribution is 7.13. The fraction of sp³-hybridized carbons (Fsp3) is 0.400. The number of alkyl halides is 3. The fourth-order valence-corrected chi connectivity index (χ4v) is 4.07.